The zero-order chi connectivity index (χ0) is 21.6. The summed E-state index contributed by atoms with van der Waals surface area (Å²) in [6.07, 6.45) is 7.60. The Balaban J connectivity index is 1.85. The lowest BCUT2D eigenvalue weighted by molar-refractivity contribution is 0.394. The number of hydrogen-bond donors (Lipinski definition) is 0. The first-order valence-electron chi connectivity index (χ1n) is 9.75. The maximum absolute atomic E-state index is 6.21. The molecule has 4 rings (SSSR count). The molecule has 0 radical (unpaired) electrons. The van der Waals surface area contributed by atoms with Crippen LogP contribution in [0.5, 0.6) is 11.5 Å². The number of furan rings is 1. The molecule has 4 aromatic rings. The molecule has 0 atom stereocenters. The van der Waals surface area contributed by atoms with Crippen molar-refractivity contribution in [1.82, 2.24) is 0 Å². The van der Waals surface area contributed by atoms with E-state index in [0.29, 0.717) is 28.7 Å². The molecule has 0 aliphatic carbocycles. The summed E-state index contributed by atoms with van der Waals surface area (Å²) in [5.74, 6) is 5.18. The van der Waals surface area contributed by atoms with Crippen molar-refractivity contribution in [3.63, 3.8) is 0 Å². The van der Waals surface area contributed by atoms with Gasteiger partial charge in [-0.05, 0) is 17.7 Å². The lowest BCUT2D eigenvalue weighted by Gasteiger charge is -2.06. The molecule has 0 unspecified atom stereocenters. The summed E-state index contributed by atoms with van der Waals surface area (Å²) in [7, 11) is 3.22. The lowest BCUT2D eigenvalue weighted by atomic mass is 9.98. The molecule has 0 aliphatic heterocycles. The van der Waals surface area contributed by atoms with Crippen LogP contribution in [0.15, 0.2) is 88.3 Å². The highest BCUT2D eigenvalue weighted by Crippen LogP contribution is 2.42. The van der Waals surface area contributed by atoms with Crippen molar-refractivity contribution in [2.24, 2.45) is 4.99 Å². The van der Waals surface area contributed by atoms with Crippen LogP contribution in [0.2, 0.25) is 0 Å². The molecule has 31 heavy (non-hydrogen) atoms. The van der Waals surface area contributed by atoms with Gasteiger partial charge in [0, 0.05) is 29.0 Å². The van der Waals surface area contributed by atoms with Crippen molar-refractivity contribution >= 4 is 12.1 Å². The number of hydrogen-bond acceptors (Lipinski definition) is 4. The monoisotopic (exact) mass is 407 g/mol. The Labute approximate surface area is 181 Å². The van der Waals surface area contributed by atoms with Gasteiger partial charge in [-0.25, -0.2) is 4.99 Å². The van der Waals surface area contributed by atoms with Gasteiger partial charge in [0.2, 0.25) is 5.88 Å². The molecular formula is C27H21NO3. The minimum absolute atomic E-state index is 0.373. The van der Waals surface area contributed by atoms with E-state index in [2.05, 4.69) is 10.9 Å². The second kappa shape index (κ2) is 9.06. The van der Waals surface area contributed by atoms with Crippen LogP contribution >= 0.6 is 0 Å². The number of aliphatic imine (C=N–C) groups is 1. The van der Waals surface area contributed by atoms with Gasteiger partial charge in [-0.1, -0.05) is 66.6 Å². The molecule has 3 aromatic carbocycles. The van der Waals surface area contributed by atoms with Crippen LogP contribution in [-0.2, 0) is 0 Å². The summed E-state index contributed by atoms with van der Waals surface area (Å²) in [5.41, 5.74) is 4.14. The predicted octanol–water partition coefficient (Wildman–Crippen LogP) is 6.36. The van der Waals surface area contributed by atoms with Crippen LogP contribution in [0.25, 0.3) is 22.5 Å². The maximum Gasteiger partial charge on any atom is 0.235 e. The van der Waals surface area contributed by atoms with E-state index in [-0.39, 0.29) is 0 Å². The summed E-state index contributed by atoms with van der Waals surface area (Å²) in [6.45, 7) is 0. The zero-order valence-electron chi connectivity index (χ0n) is 17.3. The highest BCUT2D eigenvalue weighted by molar-refractivity contribution is 5.91. The number of rotatable bonds is 6. The third kappa shape index (κ3) is 4.08. The van der Waals surface area contributed by atoms with Gasteiger partial charge >= 0.3 is 0 Å². The zero-order valence-corrected chi connectivity index (χ0v) is 17.3. The van der Waals surface area contributed by atoms with Crippen LogP contribution < -0.4 is 9.47 Å². The van der Waals surface area contributed by atoms with Gasteiger partial charge in [-0.2, -0.15) is 0 Å². The van der Waals surface area contributed by atoms with E-state index < -0.39 is 0 Å². The van der Waals surface area contributed by atoms with Crippen molar-refractivity contribution in [2.45, 2.75) is 0 Å². The molecule has 0 N–H and O–H groups in total. The number of terminal acetylenes is 1. The first-order valence-corrected chi connectivity index (χ1v) is 9.75. The Morgan fingerprint density at radius 3 is 2.16 bits per heavy atom. The molecule has 0 aliphatic rings. The largest absolute Gasteiger partial charge is 0.497 e. The van der Waals surface area contributed by atoms with Crippen LogP contribution in [0, 0.1) is 12.3 Å². The summed E-state index contributed by atoms with van der Waals surface area (Å²) < 4.78 is 16.9. The molecule has 1 aromatic heterocycles. The summed E-state index contributed by atoms with van der Waals surface area (Å²) >= 11 is 0. The van der Waals surface area contributed by atoms with E-state index in [1.807, 2.05) is 72.8 Å². The third-order valence-electron chi connectivity index (χ3n) is 4.89. The van der Waals surface area contributed by atoms with E-state index in [4.69, 9.17) is 20.3 Å². The molecule has 0 saturated heterocycles. The molecule has 0 saturated carbocycles. The first-order chi connectivity index (χ1) is 15.2. The first kappa shape index (κ1) is 20.1. The van der Waals surface area contributed by atoms with E-state index >= 15 is 0 Å². The Hall–Kier alpha value is -4.23. The van der Waals surface area contributed by atoms with E-state index in [1.54, 1.807) is 26.5 Å². The molecule has 152 valence electrons. The number of methoxy groups -OCH3 is 2. The quantitative estimate of drug-likeness (QED) is 0.276. The van der Waals surface area contributed by atoms with Gasteiger partial charge in [0.15, 0.2) is 0 Å². The fourth-order valence-electron chi connectivity index (χ4n) is 3.37. The van der Waals surface area contributed by atoms with Crippen LogP contribution in [0.3, 0.4) is 0 Å². The Bertz CT molecular complexity index is 1250. The molecule has 0 fully saturated rings. The second-order valence-corrected chi connectivity index (χ2v) is 6.73. The highest BCUT2D eigenvalue weighted by atomic mass is 16.5. The smallest absolute Gasteiger partial charge is 0.235 e. The van der Waals surface area contributed by atoms with E-state index in [9.17, 15) is 0 Å². The topological polar surface area (TPSA) is 44.0 Å². The van der Waals surface area contributed by atoms with Gasteiger partial charge in [0.05, 0.1) is 19.8 Å². The normalized spacial score (nSPS) is 10.7. The number of nitrogens with zero attached hydrogens (tertiary/aromatic N) is 1. The summed E-state index contributed by atoms with van der Waals surface area (Å²) in [6, 6.07) is 25.3. The number of benzene rings is 3. The van der Waals surface area contributed by atoms with Crippen molar-refractivity contribution in [2.75, 3.05) is 14.2 Å². The van der Waals surface area contributed by atoms with E-state index in [0.717, 1.165) is 22.3 Å². The van der Waals surface area contributed by atoms with Gasteiger partial charge in [-0.3, -0.25) is 0 Å². The standard InChI is InChI=1S/C27H21NO3/c1-4-23-25(19-11-7-5-8-12-19)26(20-13-9-6-10-14-20)31-27(23)28-18-21-15-16-22(29-2)17-24(21)30-3/h1,5-18H,2-3H3/b28-18+. The molecule has 4 nitrogen and oxygen atoms in total. The number of ether oxygens (including phenoxy) is 2. The molecule has 0 amide bonds. The van der Waals surface area contributed by atoms with Gasteiger partial charge < -0.3 is 13.9 Å². The molecule has 0 spiro atoms. The highest BCUT2D eigenvalue weighted by Gasteiger charge is 2.21. The SMILES string of the molecule is C#Cc1c(/N=C/c2ccc(OC)cc2OC)oc(-c2ccccc2)c1-c1ccccc1. The molecular weight excluding hydrogens is 386 g/mol. The van der Waals surface area contributed by atoms with Crippen molar-refractivity contribution in [3.05, 3.63) is 90.0 Å². The average Bonchev–Trinajstić information content (AvgIpc) is 3.22. The maximum atomic E-state index is 6.21. The minimum atomic E-state index is 0.373. The van der Waals surface area contributed by atoms with Crippen LogP contribution in [-0.4, -0.2) is 20.4 Å². The second-order valence-electron chi connectivity index (χ2n) is 6.73. The van der Waals surface area contributed by atoms with E-state index in [1.165, 1.54) is 0 Å². The fraction of sp³-hybridized carbons (Fsp3) is 0.0741. The summed E-state index contributed by atoms with van der Waals surface area (Å²) in [4.78, 5) is 4.59. The molecule has 4 heteroatoms. The Kier molecular flexibility index (Phi) is 5.86. The predicted molar refractivity (Wildman–Crippen MR) is 124 cm³/mol. The van der Waals surface area contributed by atoms with Gasteiger partial charge in [0.25, 0.3) is 0 Å². The van der Waals surface area contributed by atoms with Gasteiger partial charge in [-0.15, -0.1) is 6.42 Å². The summed E-state index contributed by atoms with van der Waals surface area (Å²) in [5, 5.41) is 0. The fourth-order valence-corrected chi connectivity index (χ4v) is 3.37. The van der Waals surface area contributed by atoms with Crippen molar-refractivity contribution < 1.29 is 13.9 Å². The van der Waals surface area contributed by atoms with Crippen molar-refractivity contribution in [3.8, 4) is 46.3 Å². The van der Waals surface area contributed by atoms with Crippen LogP contribution in [0.1, 0.15) is 11.1 Å². The van der Waals surface area contributed by atoms with Crippen LogP contribution in [0.4, 0.5) is 5.88 Å². The third-order valence-corrected chi connectivity index (χ3v) is 4.89. The Morgan fingerprint density at radius 1 is 0.871 bits per heavy atom. The van der Waals surface area contributed by atoms with Crippen molar-refractivity contribution in [1.29, 1.82) is 0 Å². The minimum Gasteiger partial charge on any atom is -0.497 e. The average molecular weight is 407 g/mol. The van der Waals surface area contributed by atoms with Gasteiger partial charge in [0.1, 0.15) is 17.3 Å². The molecule has 1 heterocycles. The lowest BCUT2D eigenvalue weighted by Crippen LogP contribution is -1.92. The Morgan fingerprint density at radius 2 is 1.55 bits per heavy atom. The molecule has 0 bridgehead atoms.